The molecule has 2 unspecified atom stereocenters. The fourth-order valence-electron chi connectivity index (χ4n) is 2.06. The van der Waals surface area contributed by atoms with Crippen LogP contribution >= 0.6 is 0 Å². The Balaban J connectivity index is 2.82. The maximum atomic E-state index is 11.7. The quantitative estimate of drug-likeness (QED) is 0.759. The van der Waals surface area contributed by atoms with E-state index in [-0.39, 0.29) is 17.3 Å². The van der Waals surface area contributed by atoms with Gasteiger partial charge in [0.1, 0.15) is 0 Å². The van der Waals surface area contributed by atoms with E-state index in [1.165, 1.54) is 0 Å². The zero-order valence-electron chi connectivity index (χ0n) is 9.50. The molecule has 84 valence electrons. The fourth-order valence-corrected chi connectivity index (χ4v) is 4.32. The predicted molar refractivity (Wildman–Crippen MR) is 59.1 cm³/mol. The van der Waals surface area contributed by atoms with Gasteiger partial charge in [-0.2, -0.15) is 0 Å². The minimum Gasteiger partial charge on any atom is -0.307 e. The van der Waals surface area contributed by atoms with Gasteiger partial charge in [0.2, 0.25) is 0 Å². The van der Waals surface area contributed by atoms with Crippen LogP contribution in [0.25, 0.3) is 0 Å². The van der Waals surface area contributed by atoms with E-state index < -0.39 is 9.84 Å². The Bertz CT molecular complexity index is 295. The molecule has 0 aliphatic carbocycles. The van der Waals surface area contributed by atoms with Gasteiger partial charge in [-0.05, 0) is 19.8 Å². The van der Waals surface area contributed by atoms with Crippen molar-refractivity contribution in [3.05, 3.63) is 0 Å². The molecule has 0 saturated carbocycles. The van der Waals surface area contributed by atoms with Gasteiger partial charge >= 0.3 is 0 Å². The molecular weight excluding hydrogens is 198 g/mol. The molecule has 1 rings (SSSR count). The second-order valence-corrected chi connectivity index (χ2v) is 7.18. The largest absolute Gasteiger partial charge is 0.307 e. The average Bonchev–Trinajstić information content (AvgIpc) is 1.97. The number of rotatable bonds is 2. The maximum Gasteiger partial charge on any atom is 0.153 e. The van der Waals surface area contributed by atoms with Crippen LogP contribution in [0.4, 0.5) is 0 Å². The Labute approximate surface area is 87.2 Å². The van der Waals surface area contributed by atoms with Crippen molar-refractivity contribution in [2.45, 2.75) is 45.7 Å². The maximum absolute atomic E-state index is 11.7. The third kappa shape index (κ3) is 2.95. The Hall–Kier alpha value is -0.0900. The highest BCUT2D eigenvalue weighted by Gasteiger charge is 2.37. The Morgan fingerprint density at radius 2 is 2.07 bits per heavy atom. The zero-order valence-corrected chi connectivity index (χ0v) is 10.3. The zero-order chi connectivity index (χ0) is 11.0. The first kappa shape index (κ1) is 12.0. The van der Waals surface area contributed by atoms with Crippen LogP contribution in [-0.2, 0) is 9.84 Å². The SMILES string of the molecule is CCC(C)C1CS(=O)(=O)CC(C)(C)N1. The van der Waals surface area contributed by atoms with Crippen molar-refractivity contribution in [3.63, 3.8) is 0 Å². The minimum absolute atomic E-state index is 0.119. The van der Waals surface area contributed by atoms with E-state index in [0.717, 1.165) is 6.42 Å². The third-order valence-corrected chi connectivity index (χ3v) is 4.95. The van der Waals surface area contributed by atoms with Gasteiger partial charge in [-0.25, -0.2) is 8.42 Å². The second kappa shape index (κ2) is 3.81. The Morgan fingerprint density at radius 1 is 1.50 bits per heavy atom. The highest BCUT2D eigenvalue weighted by atomic mass is 32.2. The summed E-state index contributed by atoms with van der Waals surface area (Å²) < 4.78 is 23.3. The standard InChI is InChI=1S/C10H21NO2S/c1-5-8(2)9-6-14(12,13)7-10(3,4)11-9/h8-9,11H,5-7H2,1-4H3. The summed E-state index contributed by atoms with van der Waals surface area (Å²) in [5, 5.41) is 3.42. The van der Waals surface area contributed by atoms with Crippen LogP contribution in [-0.4, -0.2) is 31.5 Å². The van der Waals surface area contributed by atoms with Crippen LogP contribution in [0.3, 0.4) is 0 Å². The van der Waals surface area contributed by atoms with Crippen molar-refractivity contribution in [2.75, 3.05) is 11.5 Å². The lowest BCUT2D eigenvalue weighted by Crippen LogP contribution is -2.59. The lowest BCUT2D eigenvalue weighted by molar-refractivity contribution is 0.291. The normalized spacial score (nSPS) is 32.4. The molecule has 1 heterocycles. The van der Waals surface area contributed by atoms with Crippen LogP contribution in [0.1, 0.15) is 34.1 Å². The molecule has 3 nitrogen and oxygen atoms in total. The summed E-state index contributed by atoms with van der Waals surface area (Å²) in [6, 6.07) is 0.119. The molecule has 0 bridgehead atoms. The molecule has 2 atom stereocenters. The molecule has 1 saturated heterocycles. The monoisotopic (exact) mass is 219 g/mol. The van der Waals surface area contributed by atoms with Crippen LogP contribution in [0.2, 0.25) is 0 Å². The predicted octanol–water partition coefficient (Wildman–Crippen LogP) is 1.20. The summed E-state index contributed by atoms with van der Waals surface area (Å²) >= 11 is 0. The summed E-state index contributed by atoms with van der Waals surface area (Å²) in [6.07, 6.45) is 1.02. The summed E-state index contributed by atoms with van der Waals surface area (Å²) in [5.41, 5.74) is -0.273. The molecular formula is C10H21NO2S. The molecule has 0 radical (unpaired) electrons. The molecule has 0 aromatic heterocycles. The molecule has 4 heteroatoms. The van der Waals surface area contributed by atoms with Gasteiger partial charge in [-0.3, -0.25) is 0 Å². The summed E-state index contributed by atoms with van der Waals surface area (Å²) in [6.45, 7) is 8.12. The number of sulfone groups is 1. The molecule has 0 aromatic carbocycles. The third-order valence-electron chi connectivity index (χ3n) is 2.92. The topological polar surface area (TPSA) is 46.2 Å². The number of hydrogen-bond acceptors (Lipinski definition) is 3. The molecule has 0 aromatic rings. The van der Waals surface area contributed by atoms with Crippen molar-refractivity contribution in [1.29, 1.82) is 0 Å². The molecule has 1 N–H and O–H groups in total. The first-order chi connectivity index (χ1) is 6.26. The van der Waals surface area contributed by atoms with Gasteiger partial charge < -0.3 is 5.32 Å². The van der Waals surface area contributed by atoms with E-state index in [9.17, 15) is 8.42 Å². The minimum atomic E-state index is -2.86. The van der Waals surface area contributed by atoms with E-state index in [1.54, 1.807) is 0 Å². The van der Waals surface area contributed by atoms with Crippen molar-refractivity contribution < 1.29 is 8.42 Å². The molecule has 0 spiro atoms. The molecule has 1 fully saturated rings. The van der Waals surface area contributed by atoms with Gasteiger partial charge in [0.05, 0.1) is 11.5 Å². The lowest BCUT2D eigenvalue weighted by Gasteiger charge is -2.39. The first-order valence-corrected chi connectivity index (χ1v) is 7.06. The van der Waals surface area contributed by atoms with Crippen LogP contribution in [0, 0.1) is 5.92 Å². The van der Waals surface area contributed by atoms with E-state index >= 15 is 0 Å². The fraction of sp³-hybridized carbons (Fsp3) is 1.00. The van der Waals surface area contributed by atoms with Crippen molar-refractivity contribution in [1.82, 2.24) is 5.32 Å². The summed E-state index contributed by atoms with van der Waals surface area (Å²) in [4.78, 5) is 0. The number of nitrogens with one attached hydrogen (secondary N) is 1. The van der Waals surface area contributed by atoms with Gasteiger partial charge in [-0.15, -0.1) is 0 Å². The molecule has 0 amide bonds. The Morgan fingerprint density at radius 3 is 2.50 bits per heavy atom. The highest BCUT2D eigenvalue weighted by molar-refractivity contribution is 7.91. The lowest BCUT2D eigenvalue weighted by atomic mass is 9.97. The first-order valence-electron chi connectivity index (χ1n) is 5.24. The van der Waals surface area contributed by atoms with Crippen molar-refractivity contribution in [3.8, 4) is 0 Å². The van der Waals surface area contributed by atoms with Crippen molar-refractivity contribution >= 4 is 9.84 Å². The number of hydrogen-bond donors (Lipinski definition) is 1. The highest BCUT2D eigenvalue weighted by Crippen LogP contribution is 2.21. The van der Waals surface area contributed by atoms with Crippen LogP contribution < -0.4 is 5.32 Å². The smallest absolute Gasteiger partial charge is 0.153 e. The van der Waals surface area contributed by atoms with Gasteiger partial charge in [0.25, 0.3) is 0 Å². The van der Waals surface area contributed by atoms with E-state index in [1.807, 2.05) is 13.8 Å². The summed E-state index contributed by atoms with van der Waals surface area (Å²) in [7, 11) is -2.86. The molecule has 1 aliphatic rings. The average molecular weight is 219 g/mol. The van der Waals surface area contributed by atoms with E-state index in [2.05, 4.69) is 19.2 Å². The van der Waals surface area contributed by atoms with Crippen molar-refractivity contribution in [2.24, 2.45) is 5.92 Å². The molecule has 14 heavy (non-hydrogen) atoms. The Kier molecular flexibility index (Phi) is 3.26. The second-order valence-electron chi connectivity index (χ2n) is 5.07. The summed E-state index contributed by atoms with van der Waals surface area (Å²) in [5.74, 6) is 0.975. The van der Waals surface area contributed by atoms with E-state index in [4.69, 9.17) is 0 Å². The van der Waals surface area contributed by atoms with Crippen LogP contribution in [0.15, 0.2) is 0 Å². The molecule has 1 aliphatic heterocycles. The van der Waals surface area contributed by atoms with Gasteiger partial charge in [-0.1, -0.05) is 20.3 Å². The van der Waals surface area contributed by atoms with E-state index in [0.29, 0.717) is 11.7 Å². The van der Waals surface area contributed by atoms with Gasteiger partial charge in [0, 0.05) is 11.6 Å². The van der Waals surface area contributed by atoms with Gasteiger partial charge in [0.15, 0.2) is 9.84 Å². The van der Waals surface area contributed by atoms with Crippen LogP contribution in [0.5, 0.6) is 0 Å².